The van der Waals surface area contributed by atoms with Gasteiger partial charge in [0.1, 0.15) is 0 Å². The van der Waals surface area contributed by atoms with Gasteiger partial charge in [-0.05, 0) is 31.6 Å². The van der Waals surface area contributed by atoms with Gasteiger partial charge in [0, 0.05) is 13.1 Å². The molecule has 0 aromatic heterocycles. The predicted molar refractivity (Wildman–Crippen MR) is 51.1 cm³/mol. The molecule has 0 aromatic carbocycles. The van der Waals surface area contributed by atoms with E-state index in [0.29, 0.717) is 0 Å². The lowest BCUT2D eigenvalue weighted by Crippen LogP contribution is -2.50. The standard InChI is InChI=1S/C10H18N2O/c11-9-5-2-6-12(10(9)13)7-8-3-1-4-8/h8-9H,1-7,11H2. The fraction of sp³-hybridized carbons (Fsp3) is 0.900. The number of rotatable bonds is 2. The zero-order valence-electron chi connectivity index (χ0n) is 8.04. The lowest BCUT2D eigenvalue weighted by molar-refractivity contribution is -0.136. The predicted octanol–water partition coefficient (Wildman–Crippen LogP) is 0.736. The number of nitrogens with two attached hydrogens (primary N) is 1. The number of nitrogens with zero attached hydrogens (tertiary/aromatic N) is 1. The van der Waals surface area contributed by atoms with Gasteiger partial charge in [-0.25, -0.2) is 0 Å². The lowest BCUT2D eigenvalue weighted by Gasteiger charge is -2.36. The van der Waals surface area contributed by atoms with Crippen LogP contribution >= 0.6 is 0 Å². The van der Waals surface area contributed by atoms with Gasteiger partial charge in [0.15, 0.2) is 0 Å². The molecule has 1 saturated heterocycles. The van der Waals surface area contributed by atoms with Gasteiger partial charge in [0.05, 0.1) is 6.04 Å². The third-order valence-electron chi connectivity index (χ3n) is 3.28. The molecule has 1 saturated carbocycles. The van der Waals surface area contributed by atoms with E-state index >= 15 is 0 Å². The fourth-order valence-electron chi connectivity index (χ4n) is 2.14. The Morgan fingerprint density at radius 3 is 2.69 bits per heavy atom. The van der Waals surface area contributed by atoms with E-state index < -0.39 is 0 Å². The summed E-state index contributed by atoms with van der Waals surface area (Å²) in [6.07, 6.45) is 5.91. The molecular weight excluding hydrogens is 164 g/mol. The number of carbonyl (C=O) groups is 1. The molecule has 1 amide bonds. The van der Waals surface area contributed by atoms with E-state index in [9.17, 15) is 4.79 Å². The molecule has 1 atom stereocenters. The van der Waals surface area contributed by atoms with Gasteiger partial charge < -0.3 is 10.6 Å². The molecule has 3 nitrogen and oxygen atoms in total. The second-order valence-corrected chi connectivity index (χ2v) is 4.33. The summed E-state index contributed by atoms with van der Waals surface area (Å²) < 4.78 is 0. The van der Waals surface area contributed by atoms with E-state index in [1.165, 1.54) is 19.3 Å². The number of piperidine rings is 1. The normalized spacial score (nSPS) is 30.4. The first-order valence-electron chi connectivity index (χ1n) is 5.32. The third-order valence-corrected chi connectivity index (χ3v) is 3.28. The Kier molecular flexibility index (Phi) is 2.54. The molecule has 0 aromatic rings. The van der Waals surface area contributed by atoms with Crippen LogP contribution in [0.5, 0.6) is 0 Å². The zero-order valence-corrected chi connectivity index (χ0v) is 8.04. The minimum Gasteiger partial charge on any atom is -0.341 e. The Labute approximate surface area is 79.3 Å². The number of likely N-dealkylation sites (tertiary alicyclic amines) is 1. The first-order chi connectivity index (χ1) is 6.27. The summed E-state index contributed by atoms with van der Waals surface area (Å²) in [5.41, 5.74) is 5.71. The SMILES string of the molecule is NC1CCCN(CC2CCC2)C1=O. The van der Waals surface area contributed by atoms with Crippen LogP contribution in [0, 0.1) is 5.92 Å². The van der Waals surface area contributed by atoms with Crippen molar-refractivity contribution in [3.05, 3.63) is 0 Å². The Morgan fingerprint density at radius 1 is 1.31 bits per heavy atom. The Balaban J connectivity index is 1.85. The summed E-state index contributed by atoms with van der Waals surface area (Å²) in [5.74, 6) is 0.951. The molecule has 1 aliphatic carbocycles. The molecule has 2 rings (SSSR count). The van der Waals surface area contributed by atoms with Gasteiger partial charge in [-0.2, -0.15) is 0 Å². The molecule has 0 radical (unpaired) electrons. The molecule has 13 heavy (non-hydrogen) atoms. The molecule has 2 N–H and O–H groups in total. The van der Waals surface area contributed by atoms with Crippen molar-refractivity contribution in [3.8, 4) is 0 Å². The molecular formula is C10H18N2O. The summed E-state index contributed by atoms with van der Waals surface area (Å²) in [7, 11) is 0. The van der Waals surface area contributed by atoms with E-state index in [1.807, 2.05) is 4.90 Å². The van der Waals surface area contributed by atoms with Crippen LogP contribution in [-0.2, 0) is 4.79 Å². The Bertz CT molecular complexity index is 201. The summed E-state index contributed by atoms with van der Waals surface area (Å²) in [5, 5.41) is 0. The monoisotopic (exact) mass is 182 g/mol. The summed E-state index contributed by atoms with van der Waals surface area (Å²) in [6, 6.07) is -0.214. The van der Waals surface area contributed by atoms with Gasteiger partial charge in [-0.15, -0.1) is 0 Å². The minimum atomic E-state index is -0.214. The van der Waals surface area contributed by atoms with E-state index in [-0.39, 0.29) is 11.9 Å². The maximum atomic E-state index is 11.6. The van der Waals surface area contributed by atoms with Crippen molar-refractivity contribution in [3.63, 3.8) is 0 Å². The van der Waals surface area contributed by atoms with Crippen LogP contribution in [0.4, 0.5) is 0 Å². The van der Waals surface area contributed by atoms with Crippen molar-refractivity contribution in [1.29, 1.82) is 0 Å². The van der Waals surface area contributed by atoms with E-state index in [4.69, 9.17) is 5.73 Å². The van der Waals surface area contributed by atoms with Gasteiger partial charge in [-0.3, -0.25) is 4.79 Å². The topological polar surface area (TPSA) is 46.3 Å². The summed E-state index contributed by atoms with van der Waals surface area (Å²) in [6.45, 7) is 1.90. The van der Waals surface area contributed by atoms with Crippen LogP contribution < -0.4 is 5.73 Å². The number of hydrogen-bond acceptors (Lipinski definition) is 2. The van der Waals surface area contributed by atoms with Gasteiger partial charge >= 0.3 is 0 Å². The van der Waals surface area contributed by atoms with Crippen LogP contribution in [0.15, 0.2) is 0 Å². The maximum Gasteiger partial charge on any atom is 0.239 e. The Hall–Kier alpha value is -0.570. The van der Waals surface area contributed by atoms with Crippen molar-refractivity contribution < 1.29 is 4.79 Å². The van der Waals surface area contributed by atoms with E-state index in [2.05, 4.69) is 0 Å². The van der Waals surface area contributed by atoms with Crippen molar-refractivity contribution in [2.24, 2.45) is 11.7 Å². The molecule has 0 spiro atoms. The molecule has 0 bridgehead atoms. The average molecular weight is 182 g/mol. The van der Waals surface area contributed by atoms with Crippen LogP contribution in [0.2, 0.25) is 0 Å². The van der Waals surface area contributed by atoms with Crippen molar-refractivity contribution in [2.75, 3.05) is 13.1 Å². The summed E-state index contributed by atoms with van der Waals surface area (Å²) >= 11 is 0. The zero-order chi connectivity index (χ0) is 9.26. The Morgan fingerprint density at radius 2 is 2.08 bits per heavy atom. The highest BCUT2D eigenvalue weighted by Crippen LogP contribution is 2.28. The molecule has 2 fully saturated rings. The first kappa shape index (κ1) is 9.00. The van der Waals surface area contributed by atoms with Crippen LogP contribution in [-0.4, -0.2) is 29.9 Å². The van der Waals surface area contributed by atoms with Crippen molar-refractivity contribution in [1.82, 2.24) is 4.90 Å². The molecule has 74 valence electrons. The van der Waals surface area contributed by atoms with Crippen LogP contribution in [0.1, 0.15) is 32.1 Å². The van der Waals surface area contributed by atoms with Crippen LogP contribution in [0.25, 0.3) is 0 Å². The molecule has 1 heterocycles. The summed E-state index contributed by atoms with van der Waals surface area (Å²) in [4.78, 5) is 13.6. The second-order valence-electron chi connectivity index (χ2n) is 4.33. The largest absolute Gasteiger partial charge is 0.341 e. The highest BCUT2D eigenvalue weighted by atomic mass is 16.2. The van der Waals surface area contributed by atoms with Gasteiger partial charge in [0.2, 0.25) is 5.91 Å². The quantitative estimate of drug-likeness (QED) is 0.684. The number of carbonyl (C=O) groups excluding carboxylic acids is 1. The third kappa shape index (κ3) is 1.85. The fourth-order valence-corrected chi connectivity index (χ4v) is 2.14. The van der Waals surface area contributed by atoms with E-state index in [1.54, 1.807) is 0 Å². The molecule has 2 aliphatic rings. The highest BCUT2D eigenvalue weighted by Gasteiger charge is 2.29. The van der Waals surface area contributed by atoms with Crippen molar-refractivity contribution in [2.45, 2.75) is 38.1 Å². The van der Waals surface area contributed by atoms with Gasteiger partial charge in [0.25, 0.3) is 0 Å². The van der Waals surface area contributed by atoms with Crippen LogP contribution in [0.3, 0.4) is 0 Å². The smallest absolute Gasteiger partial charge is 0.239 e. The highest BCUT2D eigenvalue weighted by molar-refractivity contribution is 5.82. The molecule has 1 unspecified atom stereocenters. The average Bonchev–Trinajstić information content (AvgIpc) is 2.04. The maximum absolute atomic E-state index is 11.6. The molecule has 3 heteroatoms. The second kappa shape index (κ2) is 3.66. The number of amides is 1. The van der Waals surface area contributed by atoms with Gasteiger partial charge in [-0.1, -0.05) is 6.42 Å². The number of hydrogen-bond donors (Lipinski definition) is 1. The minimum absolute atomic E-state index is 0.179. The van der Waals surface area contributed by atoms with Crippen molar-refractivity contribution >= 4 is 5.91 Å². The van der Waals surface area contributed by atoms with E-state index in [0.717, 1.165) is 31.8 Å². The lowest BCUT2D eigenvalue weighted by atomic mass is 9.84. The molecule has 1 aliphatic heterocycles. The first-order valence-corrected chi connectivity index (χ1v) is 5.32.